The maximum Gasteiger partial charge on any atom is 0.343 e. The molecule has 0 amide bonds. The molecular formula is C22H15NO7. The summed E-state index contributed by atoms with van der Waals surface area (Å²) in [5, 5.41) is 11.1. The summed E-state index contributed by atoms with van der Waals surface area (Å²) in [6, 6.07) is 11.5. The Balaban J connectivity index is 1.84. The Morgan fingerprint density at radius 3 is 2.40 bits per heavy atom. The Labute approximate surface area is 169 Å². The summed E-state index contributed by atoms with van der Waals surface area (Å²) < 4.78 is 16.6. The zero-order valence-corrected chi connectivity index (χ0v) is 16.0. The van der Waals surface area contributed by atoms with E-state index in [1.807, 2.05) is 13.8 Å². The summed E-state index contributed by atoms with van der Waals surface area (Å²) >= 11 is 0. The second-order valence-corrected chi connectivity index (χ2v) is 6.69. The summed E-state index contributed by atoms with van der Waals surface area (Å²) in [7, 11) is 0. The van der Waals surface area contributed by atoms with Gasteiger partial charge in [-0.05, 0) is 61.4 Å². The number of fused-ring (bicyclic) bond motifs is 1. The van der Waals surface area contributed by atoms with E-state index >= 15 is 0 Å². The molecule has 0 aliphatic heterocycles. The number of ether oxygens (including phenoxy) is 1. The van der Waals surface area contributed by atoms with Crippen LogP contribution < -0.4 is 10.2 Å². The molecule has 0 bridgehead atoms. The number of aryl methyl sites for hydroxylation is 2. The van der Waals surface area contributed by atoms with Gasteiger partial charge in [0, 0.05) is 12.1 Å². The monoisotopic (exact) mass is 405 g/mol. The second-order valence-electron chi connectivity index (χ2n) is 6.69. The molecule has 0 aliphatic rings. The van der Waals surface area contributed by atoms with Gasteiger partial charge in [0.15, 0.2) is 5.76 Å². The first-order valence-corrected chi connectivity index (χ1v) is 8.93. The number of nitro benzene ring substituents is 1. The molecule has 2 aromatic heterocycles. The van der Waals surface area contributed by atoms with Crippen LogP contribution in [0.5, 0.6) is 5.75 Å². The molecule has 0 atom stereocenters. The number of nitro groups is 1. The smallest absolute Gasteiger partial charge is 0.343 e. The first-order chi connectivity index (χ1) is 14.3. The van der Waals surface area contributed by atoms with Crippen molar-refractivity contribution in [2.45, 2.75) is 13.8 Å². The van der Waals surface area contributed by atoms with Crippen molar-refractivity contribution in [3.8, 4) is 17.3 Å². The lowest BCUT2D eigenvalue weighted by atomic mass is 10.1. The number of hydrogen-bond donors (Lipinski definition) is 0. The van der Waals surface area contributed by atoms with Crippen LogP contribution in [0.1, 0.15) is 21.5 Å². The fraction of sp³-hybridized carbons (Fsp3) is 0.0909. The minimum atomic E-state index is -0.854. The number of hydrogen-bond acceptors (Lipinski definition) is 7. The van der Waals surface area contributed by atoms with E-state index in [1.54, 1.807) is 24.3 Å². The molecule has 0 unspecified atom stereocenters. The molecule has 4 aromatic rings. The fourth-order valence-corrected chi connectivity index (χ4v) is 2.97. The number of carbonyl (C=O) groups is 1. The van der Waals surface area contributed by atoms with Gasteiger partial charge >= 0.3 is 5.97 Å². The van der Waals surface area contributed by atoms with Crippen molar-refractivity contribution < 1.29 is 23.3 Å². The molecule has 8 heteroatoms. The van der Waals surface area contributed by atoms with E-state index in [1.165, 1.54) is 30.5 Å². The number of esters is 1. The van der Waals surface area contributed by atoms with Crippen LogP contribution >= 0.6 is 0 Å². The summed E-state index contributed by atoms with van der Waals surface area (Å²) in [4.78, 5) is 36.0. The van der Waals surface area contributed by atoms with Gasteiger partial charge in [-0.3, -0.25) is 14.9 Å². The van der Waals surface area contributed by atoms with E-state index in [0.717, 1.165) is 11.1 Å². The van der Waals surface area contributed by atoms with Crippen LogP contribution in [0.25, 0.3) is 22.5 Å². The molecule has 2 heterocycles. The maximum absolute atomic E-state index is 13.2. The highest BCUT2D eigenvalue weighted by Gasteiger charge is 2.23. The van der Waals surface area contributed by atoms with Gasteiger partial charge in [-0.25, -0.2) is 4.79 Å². The van der Waals surface area contributed by atoms with Gasteiger partial charge in [-0.1, -0.05) is 0 Å². The van der Waals surface area contributed by atoms with Crippen molar-refractivity contribution in [1.29, 1.82) is 0 Å². The van der Waals surface area contributed by atoms with E-state index in [4.69, 9.17) is 13.6 Å². The van der Waals surface area contributed by atoms with E-state index in [-0.39, 0.29) is 33.9 Å². The molecule has 0 saturated heterocycles. The minimum Gasteiger partial charge on any atom is -0.461 e. The fourth-order valence-electron chi connectivity index (χ4n) is 2.97. The van der Waals surface area contributed by atoms with Crippen molar-refractivity contribution in [2.24, 2.45) is 0 Å². The number of benzene rings is 2. The van der Waals surface area contributed by atoms with Crippen molar-refractivity contribution in [3.63, 3.8) is 0 Å². The third-order valence-electron chi connectivity index (χ3n) is 4.72. The highest BCUT2D eigenvalue weighted by molar-refractivity contribution is 5.93. The maximum atomic E-state index is 13.2. The standard InChI is InChI=1S/C22H15NO7/c1-12-10-16-18(11-13(12)2)29-20(17-4-3-9-28-17)21(19(16)24)30-22(25)14-5-7-15(8-6-14)23(26)27/h3-11H,1-2H3. The third-order valence-corrected chi connectivity index (χ3v) is 4.72. The summed E-state index contributed by atoms with van der Waals surface area (Å²) in [6.45, 7) is 3.75. The molecule has 0 N–H and O–H groups in total. The Kier molecular flexibility index (Phi) is 4.67. The molecule has 0 aliphatic carbocycles. The Morgan fingerprint density at radius 2 is 1.77 bits per heavy atom. The lowest BCUT2D eigenvalue weighted by Gasteiger charge is -2.10. The quantitative estimate of drug-likeness (QED) is 0.272. The summed E-state index contributed by atoms with van der Waals surface area (Å²) in [6.07, 6.45) is 1.40. The van der Waals surface area contributed by atoms with Crippen molar-refractivity contribution in [3.05, 3.63) is 91.8 Å². The average molecular weight is 405 g/mol. The highest BCUT2D eigenvalue weighted by Crippen LogP contribution is 2.32. The summed E-state index contributed by atoms with van der Waals surface area (Å²) in [5.41, 5.74) is 1.51. The first-order valence-electron chi connectivity index (χ1n) is 8.93. The Bertz CT molecular complexity index is 1330. The van der Waals surface area contributed by atoms with E-state index in [2.05, 4.69) is 0 Å². The molecule has 4 rings (SSSR count). The normalized spacial score (nSPS) is 10.9. The lowest BCUT2D eigenvalue weighted by Crippen LogP contribution is -2.16. The number of nitrogens with zero attached hydrogens (tertiary/aromatic N) is 1. The van der Waals surface area contributed by atoms with Crippen LogP contribution in [-0.2, 0) is 0 Å². The molecule has 150 valence electrons. The Morgan fingerprint density at radius 1 is 1.07 bits per heavy atom. The van der Waals surface area contributed by atoms with Crippen molar-refractivity contribution in [2.75, 3.05) is 0 Å². The van der Waals surface area contributed by atoms with Crippen LogP contribution in [0.2, 0.25) is 0 Å². The predicted octanol–water partition coefficient (Wildman–Crippen LogP) is 4.80. The van der Waals surface area contributed by atoms with Gasteiger partial charge < -0.3 is 13.6 Å². The zero-order chi connectivity index (χ0) is 21.4. The van der Waals surface area contributed by atoms with Crippen LogP contribution in [0.3, 0.4) is 0 Å². The van der Waals surface area contributed by atoms with Crippen molar-refractivity contribution in [1.82, 2.24) is 0 Å². The zero-order valence-electron chi connectivity index (χ0n) is 16.0. The van der Waals surface area contributed by atoms with Crippen LogP contribution in [0, 0.1) is 24.0 Å². The SMILES string of the molecule is Cc1cc2oc(-c3ccco3)c(OC(=O)c3ccc([N+](=O)[O-])cc3)c(=O)c2cc1C. The van der Waals surface area contributed by atoms with Crippen LogP contribution in [0.15, 0.2) is 68.4 Å². The van der Waals surface area contributed by atoms with Crippen LogP contribution in [-0.4, -0.2) is 10.9 Å². The van der Waals surface area contributed by atoms with Gasteiger partial charge in [0.05, 0.1) is 22.1 Å². The van der Waals surface area contributed by atoms with E-state index < -0.39 is 16.3 Å². The molecule has 30 heavy (non-hydrogen) atoms. The van der Waals surface area contributed by atoms with E-state index in [9.17, 15) is 19.7 Å². The number of non-ortho nitro benzene ring substituents is 1. The van der Waals surface area contributed by atoms with Gasteiger partial charge in [0.1, 0.15) is 5.58 Å². The second kappa shape index (κ2) is 7.32. The molecule has 0 radical (unpaired) electrons. The summed E-state index contributed by atoms with van der Waals surface area (Å²) in [5.74, 6) is -0.966. The minimum absolute atomic E-state index is 0.0176. The largest absolute Gasteiger partial charge is 0.461 e. The highest BCUT2D eigenvalue weighted by atomic mass is 16.6. The molecule has 8 nitrogen and oxygen atoms in total. The van der Waals surface area contributed by atoms with Gasteiger partial charge in [0.25, 0.3) is 5.69 Å². The molecule has 0 spiro atoms. The molecule has 2 aromatic carbocycles. The Hall–Kier alpha value is -4.20. The number of rotatable bonds is 4. The first kappa shape index (κ1) is 19.1. The van der Waals surface area contributed by atoms with E-state index in [0.29, 0.717) is 5.58 Å². The van der Waals surface area contributed by atoms with Crippen molar-refractivity contribution >= 4 is 22.6 Å². The van der Waals surface area contributed by atoms with Gasteiger partial charge in [-0.2, -0.15) is 0 Å². The lowest BCUT2D eigenvalue weighted by molar-refractivity contribution is -0.384. The predicted molar refractivity (Wildman–Crippen MR) is 108 cm³/mol. The molecule has 0 saturated carbocycles. The third kappa shape index (κ3) is 3.35. The van der Waals surface area contributed by atoms with Crippen LogP contribution in [0.4, 0.5) is 5.69 Å². The molecular weight excluding hydrogens is 390 g/mol. The van der Waals surface area contributed by atoms with Gasteiger partial charge in [-0.15, -0.1) is 0 Å². The number of furan rings is 1. The topological polar surface area (TPSA) is 113 Å². The molecule has 0 fully saturated rings. The number of carbonyl (C=O) groups excluding carboxylic acids is 1. The average Bonchev–Trinajstić information content (AvgIpc) is 3.26. The van der Waals surface area contributed by atoms with Gasteiger partial charge in [0.2, 0.25) is 16.9 Å².